The molecule has 1 aromatic carbocycles. The lowest BCUT2D eigenvalue weighted by atomic mass is 10.1. The van der Waals surface area contributed by atoms with Crippen molar-refractivity contribution in [1.29, 1.82) is 0 Å². The molecular formula is C13H15FN4. The number of anilines is 1. The molecule has 5 heteroatoms. The van der Waals surface area contributed by atoms with Crippen molar-refractivity contribution >= 4 is 5.82 Å². The van der Waals surface area contributed by atoms with Crippen molar-refractivity contribution < 1.29 is 4.39 Å². The summed E-state index contributed by atoms with van der Waals surface area (Å²) in [6, 6.07) is 6.19. The first-order chi connectivity index (χ1) is 8.65. The summed E-state index contributed by atoms with van der Waals surface area (Å²) < 4.78 is 13.2. The number of nitrogens with one attached hydrogen (secondary N) is 1. The average Bonchev–Trinajstić information content (AvgIpc) is 2.37. The van der Waals surface area contributed by atoms with Crippen molar-refractivity contribution in [1.82, 2.24) is 9.97 Å². The Balaban J connectivity index is 2.56. The number of nitrogens with two attached hydrogens (primary N) is 1. The minimum absolute atomic E-state index is 0.310. The molecule has 0 saturated carbocycles. The summed E-state index contributed by atoms with van der Waals surface area (Å²) in [5.74, 6) is 6.20. The molecule has 0 aliphatic carbocycles. The van der Waals surface area contributed by atoms with Crippen molar-refractivity contribution in [2.75, 3.05) is 5.43 Å². The van der Waals surface area contributed by atoms with Gasteiger partial charge in [0.25, 0.3) is 0 Å². The highest BCUT2D eigenvalue weighted by Gasteiger charge is 2.11. The van der Waals surface area contributed by atoms with E-state index in [1.807, 2.05) is 13.8 Å². The second-order valence-electron chi connectivity index (χ2n) is 3.97. The number of hydrogen-bond donors (Lipinski definition) is 2. The summed E-state index contributed by atoms with van der Waals surface area (Å²) in [7, 11) is 0. The standard InChI is InChI=1S/C13H15FN4/c1-3-11-8(2)16-12(17-13(11)18-15)9-5-4-6-10(14)7-9/h4-7H,3,15H2,1-2H3,(H,16,17,18). The van der Waals surface area contributed by atoms with E-state index in [0.29, 0.717) is 17.2 Å². The van der Waals surface area contributed by atoms with Gasteiger partial charge >= 0.3 is 0 Å². The highest BCUT2D eigenvalue weighted by molar-refractivity contribution is 5.59. The first-order valence-corrected chi connectivity index (χ1v) is 5.75. The van der Waals surface area contributed by atoms with Gasteiger partial charge in [-0.3, -0.25) is 0 Å². The minimum atomic E-state index is -0.310. The average molecular weight is 246 g/mol. The van der Waals surface area contributed by atoms with Crippen molar-refractivity contribution in [3.63, 3.8) is 0 Å². The molecule has 0 aliphatic rings. The van der Waals surface area contributed by atoms with Crippen LogP contribution in [0.15, 0.2) is 24.3 Å². The van der Waals surface area contributed by atoms with Gasteiger partial charge in [0.05, 0.1) is 0 Å². The molecule has 0 fully saturated rings. The van der Waals surface area contributed by atoms with Crippen LogP contribution in [0.4, 0.5) is 10.2 Å². The van der Waals surface area contributed by atoms with Gasteiger partial charge in [-0.15, -0.1) is 0 Å². The summed E-state index contributed by atoms with van der Waals surface area (Å²) in [4.78, 5) is 8.71. The van der Waals surface area contributed by atoms with Gasteiger partial charge in [0.2, 0.25) is 0 Å². The minimum Gasteiger partial charge on any atom is -0.308 e. The number of halogens is 1. The van der Waals surface area contributed by atoms with Crippen molar-refractivity contribution in [2.45, 2.75) is 20.3 Å². The van der Waals surface area contributed by atoms with Gasteiger partial charge < -0.3 is 5.43 Å². The molecule has 2 aromatic rings. The summed E-state index contributed by atoms with van der Waals surface area (Å²) in [5.41, 5.74) is 5.02. The summed E-state index contributed by atoms with van der Waals surface area (Å²) in [5, 5.41) is 0. The second kappa shape index (κ2) is 5.10. The fourth-order valence-corrected chi connectivity index (χ4v) is 1.90. The Morgan fingerprint density at radius 2 is 2.11 bits per heavy atom. The molecule has 18 heavy (non-hydrogen) atoms. The first-order valence-electron chi connectivity index (χ1n) is 5.75. The Kier molecular flexibility index (Phi) is 3.53. The Bertz CT molecular complexity index is 569. The number of hydrazine groups is 1. The molecule has 0 saturated heterocycles. The molecule has 0 radical (unpaired) electrons. The Hall–Kier alpha value is -2.01. The van der Waals surface area contributed by atoms with Crippen LogP contribution in [0.25, 0.3) is 11.4 Å². The number of aromatic nitrogens is 2. The highest BCUT2D eigenvalue weighted by atomic mass is 19.1. The molecule has 0 amide bonds. The zero-order chi connectivity index (χ0) is 13.1. The van der Waals surface area contributed by atoms with E-state index in [4.69, 9.17) is 5.84 Å². The summed E-state index contributed by atoms with van der Waals surface area (Å²) in [6.45, 7) is 3.90. The zero-order valence-electron chi connectivity index (χ0n) is 10.4. The maximum Gasteiger partial charge on any atom is 0.161 e. The summed E-state index contributed by atoms with van der Waals surface area (Å²) >= 11 is 0. The zero-order valence-corrected chi connectivity index (χ0v) is 10.4. The van der Waals surface area contributed by atoms with Crippen LogP contribution in [0, 0.1) is 12.7 Å². The third-order valence-corrected chi connectivity index (χ3v) is 2.79. The Labute approximate surface area is 105 Å². The second-order valence-corrected chi connectivity index (χ2v) is 3.97. The predicted octanol–water partition coefficient (Wildman–Crippen LogP) is 2.44. The van der Waals surface area contributed by atoms with E-state index in [1.54, 1.807) is 12.1 Å². The van der Waals surface area contributed by atoms with E-state index >= 15 is 0 Å². The Morgan fingerprint density at radius 1 is 1.33 bits per heavy atom. The molecule has 0 bridgehead atoms. The van der Waals surface area contributed by atoms with Crippen LogP contribution in [0.1, 0.15) is 18.2 Å². The van der Waals surface area contributed by atoms with Crippen LogP contribution in [-0.4, -0.2) is 9.97 Å². The van der Waals surface area contributed by atoms with Crippen molar-refractivity contribution in [3.05, 3.63) is 41.3 Å². The number of aryl methyl sites for hydroxylation is 1. The molecule has 0 atom stereocenters. The largest absolute Gasteiger partial charge is 0.308 e. The third-order valence-electron chi connectivity index (χ3n) is 2.79. The van der Waals surface area contributed by atoms with Crippen LogP contribution in [0.5, 0.6) is 0 Å². The van der Waals surface area contributed by atoms with Gasteiger partial charge in [-0.1, -0.05) is 19.1 Å². The van der Waals surface area contributed by atoms with E-state index in [-0.39, 0.29) is 5.82 Å². The number of nitrogen functional groups attached to an aromatic ring is 1. The SMILES string of the molecule is CCc1c(C)nc(-c2cccc(F)c2)nc1NN. The number of benzene rings is 1. The molecule has 0 aliphatic heterocycles. The van der Waals surface area contributed by atoms with Gasteiger partial charge in [0.15, 0.2) is 5.82 Å². The molecule has 3 N–H and O–H groups in total. The van der Waals surface area contributed by atoms with Crippen molar-refractivity contribution in [2.24, 2.45) is 5.84 Å². The molecule has 0 spiro atoms. The van der Waals surface area contributed by atoms with Gasteiger partial charge in [-0.2, -0.15) is 0 Å². The lowest BCUT2D eigenvalue weighted by Crippen LogP contribution is -2.13. The predicted molar refractivity (Wildman–Crippen MR) is 69.4 cm³/mol. The van der Waals surface area contributed by atoms with E-state index in [1.165, 1.54) is 12.1 Å². The monoisotopic (exact) mass is 246 g/mol. The maximum absolute atomic E-state index is 13.2. The number of hydrogen-bond acceptors (Lipinski definition) is 4. The highest BCUT2D eigenvalue weighted by Crippen LogP contribution is 2.22. The maximum atomic E-state index is 13.2. The lowest BCUT2D eigenvalue weighted by molar-refractivity contribution is 0.628. The van der Waals surface area contributed by atoms with Crippen LogP contribution in [-0.2, 0) is 6.42 Å². The van der Waals surface area contributed by atoms with Gasteiger partial charge in [0.1, 0.15) is 11.6 Å². The molecule has 2 rings (SSSR count). The van der Waals surface area contributed by atoms with E-state index < -0.39 is 0 Å². The van der Waals surface area contributed by atoms with Crippen LogP contribution in [0.2, 0.25) is 0 Å². The quantitative estimate of drug-likeness (QED) is 0.645. The fourth-order valence-electron chi connectivity index (χ4n) is 1.90. The first kappa shape index (κ1) is 12.4. The topological polar surface area (TPSA) is 63.8 Å². The molecule has 0 unspecified atom stereocenters. The fraction of sp³-hybridized carbons (Fsp3) is 0.231. The molecule has 94 valence electrons. The molecular weight excluding hydrogens is 231 g/mol. The van der Waals surface area contributed by atoms with Crippen LogP contribution >= 0.6 is 0 Å². The number of nitrogens with zero attached hydrogens (tertiary/aromatic N) is 2. The van der Waals surface area contributed by atoms with Gasteiger partial charge in [-0.25, -0.2) is 20.2 Å². The van der Waals surface area contributed by atoms with E-state index in [0.717, 1.165) is 17.7 Å². The lowest BCUT2D eigenvalue weighted by Gasteiger charge is -2.11. The molecule has 1 heterocycles. The van der Waals surface area contributed by atoms with E-state index in [2.05, 4.69) is 15.4 Å². The smallest absolute Gasteiger partial charge is 0.161 e. The van der Waals surface area contributed by atoms with Crippen molar-refractivity contribution in [3.8, 4) is 11.4 Å². The van der Waals surface area contributed by atoms with Gasteiger partial charge in [0, 0.05) is 16.8 Å². The summed E-state index contributed by atoms with van der Waals surface area (Å²) in [6.07, 6.45) is 0.787. The van der Waals surface area contributed by atoms with Crippen LogP contribution < -0.4 is 11.3 Å². The van der Waals surface area contributed by atoms with Gasteiger partial charge in [-0.05, 0) is 25.5 Å². The number of rotatable bonds is 3. The van der Waals surface area contributed by atoms with E-state index in [9.17, 15) is 4.39 Å². The van der Waals surface area contributed by atoms with Crippen LogP contribution in [0.3, 0.4) is 0 Å². The normalized spacial score (nSPS) is 10.4. The Morgan fingerprint density at radius 3 is 2.72 bits per heavy atom. The third kappa shape index (κ3) is 2.31. The molecule has 1 aromatic heterocycles. The molecule has 4 nitrogen and oxygen atoms in total.